The van der Waals surface area contributed by atoms with Crippen LogP contribution in [0, 0.1) is 6.92 Å². The molecule has 1 aliphatic heterocycles. The normalized spacial score (nSPS) is 24.5. The zero-order chi connectivity index (χ0) is 14.7. The topological polar surface area (TPSA) is 55.6 Å². The Labute approximate surface area is 120 Å². The van der Waals surface area contributed by atoms with Gasteiger partial charge in [-0.3, -0.25) is 4.79 Å². The monoisotopic (exact) mass is 276 g/mol. The van der Waals surface area contributed by atoms with E-state index in [1.165, 1.54) is 5.56 Å². The number of nitrogens with zero attached hydrogens (tertiary/aromatic N) is 1. The van der Waals surface area contributed by atoms with E-state index in [4.69, 9.17) is 10.5 Å². The molecule has 1 amide bonds. The van der Waals surface area contributed by atoms with Crippen LogP contribution in [0.1, 0.15) is 37.5 Å². The number of carbonyl (C=O) groups is 1. The number of morpholine rings is 1. The summed E-state index contributed by atoms with van der Waals surface area (Å²) in [5.41, 5.74) is 8.24. The van der Waals surface area contributed by atoms with E-state index < -0.39 is 6.04 Å². The second-order valence-corrected chi connectivity index (χ2v) is 5.53. The lowest BCUT2D eigenvalue weighted by Crippen LogP contribution is -2.53. The van der Waals surface area contributed by atoms with Crippen molar-refractivity contribution in [1.82, 2.24) is 4.90 Å². The molecule has 0 radical (unpaired) electrons. The van der Waals surface area contributed by atoms with Gasteiger partial charge in [-0.25, -0.2) is 0 Å². The largest absolute Gasteiger partial charge is 0.370 e. The van der Waals surface area contributed by atoms with Gasteiger partial charge in [0.2, 0.25) is 5.91 Å². The van der Waals surface area contributed by atoms with Gasteiger partial charge in [0.25, 0.3) is 0 Å². The van der Waals surface area contributed by atoms with Crippen molar-refractivity contribution in [1.29, 1.82) is 0 Å². The maximum atomic E-state index is 12.3. The molecule has 1 aromatic rings. The zero-order valence-corrected chi connectivity index (χ0v) is 12.5. The number of amides is 1. The van der Waals surface area contributed by atoms with Crippen LogP contribution in [0.25, 0.3) is 0 Å². The molecule has 1 aromatic carbocycles. The van der Waals surface area contributed by atoms with Crippen molar-refractivity contribution in [2.75, 3.05) is 13.2 Å². The minimum absolute atomic E-state index is 0.0295. The summed E-state index contributed by atoms with van der Waals surface area (Å²) in [6, 6.07) is 7.83. The molecule has 1 heterocycles. The third-order valence-electron chi connectivity index (χ3n) is 4.01. The van der Waals surface area contributed by atoms with Gasteiger partial charge in [0.1, 0.15) is 6.10 Å². The lowest BCUT2D eigenvalue weighted by molar-refractivity contribution is -0.146. The highest BCUT2D eigenvalue weighted by molar-refractivity contribution is 5.82. The van der Waals surface area contributed by atoms with Gasteiger partial charge in [-0.15, -0.1) is 0 Å². The molecule has 0 aromatic heterocycles. The molecule has 0 spiro atoms. The van der Waals surface area contributed by atoms with Crippen LogP contribution >= 0.6 is 0 Å². The van der Waals surface area contributed by atoms with Gasteiger partial charge >= 0.3 is 0 Å². The Hall–Kier alpha value is -1.39. The highest BCUT2D eigenvalue weighted by Gasteiger charge is 2.32. The van der Waals surface area contributed by atoms with E-state index in [-0.39, 0.29) is 18.1 Å². The Kier molecular flexibility index (Phi) is 4.78. The molecule has 0 bridgehead atoms. The fourth-order valence-electron chi connectivity index (χ4n) is 2.59. The van der Waals surface area contributed by atoms with Crippen LogP contribution in [0.15, 0.2) is 24.3 Å². The summed E-state index contributed by atoms with van der Waals surface area (Å²) in [7, 11) is 0. The molecule has 0 unspecified atom stereocenters. The van der Waals surface area contributed by atoms with E-state index in [1.807, 2.05) is 30.9 Å². The fourth-order valence-corrected chi connectivity index (χ4v) is 2.59. The number of rotatable bonds is 3. The first-order valence-corrected chi connectivity index (χ1v) is 7.27. The lowest BCUT2D eigenvalue weighted by Gasteiger charge is -2.39. The van der Waals surface area contributed by atoms with E-state index in [1.54, 1.807) is 0 Å². The van der Waals surface area contributed by atoms with Crippen LogP contribution in [-0.4, -0.2) is 36.0 Å². The summed E-state index contributed by atoms with van der Waals surface area (Å²) < 4.78 is 5.92. The van der Waals surface area contributed by atoms with Gasteiger partial charge in [-0.05, 0) is 31.4 Å². The minimum Gasteiger partial charge on any atom is -0.370 e. The molecular weight excluding hydrogens is 252 g/mol. The van der Waals surface area contributed by atoms with Gasteiger partial charge in [0.15, 0.2) is 0 Å². The van der Waals surface area contributed by atoms with Crippen LogP contribution in [0.3, 0.4) is 0 Å². The molecule has 4 heteroatoms. The Bertz CT molecular complexity index is 475. The van der Waals surface area contributed by atoms with Crippen LogP contribution in [-0.2, 0) is 9.53 Å². The van der Waals surface area contributed by atoms with Crippen LogP contribution in [0.5, 0.6) is 0 Å². The first-order valence-electron chi connectivity index (χ1n) is 7.27. The quantitative estimate of drug-likeness (QED) is 0.919. The minimum atomic E-state index is -0.409. The molecule has 1 saturated heterocycles. The highest BCUT2D eigenvalue weighted by atomic mass is 16.5. The predicted octanol–water partition coefficient (Wildman–Crippen LogP) is 2.02. The first kappa shape index (κ1) is 15.0. The first-order chi connectivity index (χ1) is 9.54. The summed E-state index contributed by atoms with van der Waals surface area (Å²) >= 11 is 0. The summed E-state index contributed by atoms with van der Waals surface area (Å²) in [5, 5.41) is 0. The number of carbonyl (C=O) groups excluding carboxylic acids is 1. The van der Waals surface area contributed by atoms with Crippen molar-refractivity contribution in [2.45, 2.75) is 45.4 Å². The average molecular weight is 276 g/mol. The average Bonchev–Trinajstić information content (AvgIpc) is 2.47. The number of hydrogen-bond donors (Lipinski definition) is 1. The van der Waals surface area contributed by atoms with E-state index in [0.717, 1.165) is 5.56 Å². The number of nitrogens with two attached hydrogens (primary N) is 1. The smallest absolute Gasteiger partial charge is 0.239 e. The lowest BCUT2D eigenvalue weighted by atomic mass is 10.0. The van der Waals surface area contributed by atoms with Crippen molar-refractivity contribution in [3.8, 4) is 0 Å². The molecular formula is C16H24N2O2. The molecule has 2 rings (SSSR count). The van der Waals surface area contributed by atoms with Gasteiger partial charge in [0.05, 0.1) is 25.2 Å². The van der Waals surface area contributed by atoms with Crippen LogP contribution in [0.2, 0.25) is 0 Å². The summed E-state index contributed by atoms with van der Waals surface area (Å²) in [4.78, 5) is 14.2. The third kappa shape index (κ3) is 3.02. The van der Waals surface area contributed by atoms with Crippen molar-refractivity contribution < 1.29 is 9.53 Å². The Morgan fingerprint density at radius 3 is 2.85 bits per heavy atom. The number of ether oxygens (including phenoxy) is 1. The highest BCUT2D eigenvalue weighted by Crippen LogP contribution is 2.27. The van der Waals surface area contributed by atoms with E-state index >= 15 is 0 Å². The Morgan fingerprint density at radius 2 is 2.20 bits per heavy atom. The van der Waals surface area contributed by atoms with Gasteiger partial charge in [-0.1, -0.05) is 31.2 Å². The third-order valence-corrected chi connectivity index (χ3v) is 4.01. The van der Waals surface area contributed by atoms with Gasteiger partial charge in [-0.2, -0.15) is 0 Å². The fraction of sp³-hybridized carbons (Fsp3) is 0.562. The molecule has 4 nitrogen and oxygen atoms in total. The van der Waals surface area contributed by atoms with Gasteiger partial charge < -0.3 is 15.4 Å². The molecule has 0 saturated carbocycles. The molecule has 3 atom stereocenters. The number of hydrogen-bond acceptors (Lipinski definition) is 3. The molecule has 2 N–H and O–H groups in total. The van der Waals surface area contributed by atoms with Crippen LogP contribution < -0.4 is 5.73 Å². The second kappa shape index (κ2) is 6.37. The maximum absolute atomic E-state index is 12.3. The molecule has 110 valence electrons. The summed E-state index contributed by atoms with van der Waals surface area (Å²) in [6.07, 6.45) is 0.609. The molecule has 1 aliphatic rings. The maximum Gasteiger partial charge on any atom is 0.239 e. The van der Waals surface area contributed by atoms with Crippen LogP contribution in [0.4, 0.5) is 0 Å². The summed E-state index contributed by atoms with van der Waals surface area (Å²) in [6.45, 7) is 7.15. The zero-order valence-electron chi connectivity index (χ0n) is 12.5. The van der Waals surface area contributed by atoms with Crippen molar-refractivity contribution >= 4 is 5.91 Å². The standard InChI is InChI=1S/C16H24N2O2/c1-4-14(17)16(19)18-9-15(20-10-12(18)3)13-8-6-5-7-11(13)2/h5-8,12,14-15H,4,9-10,17H2,1-3H3/t12-,14+,15+/m1/s1. The van der Waals surface area contributed by atoms with Crippen molar-refractivity contribution in [3.05, 3.63) is 35.4 Å². The van der Waals surface area contributed by atoms with E-state index in [2.05, 4.69) is 19.1 Å². The molecule has 20 heavy (non-hydrogen) atoms. The van der Waals surface area contributed by atoms with Gasteiger partial charge in [0, 0.05) is 0 Å². The van der Waals surface area contributed by atoms with E-state index in [0.29, 0.717) is 19.6 Å². The van der Waals surface area contributed by atoms with Crippen molar-refractivity contribution in [3.63, 3.8) is 0 Å². The SMILES string of the molecule is CC[C@H](N)C(=O)N1C[C@@H](c2ccccc2C)OC[C@H]1C. The number of aryl methyl sites for hydroxylation is 1. The summed E-state index contributed by atoms with van der Waals surface area (Å²) in [5.74, 6) is 0.0295. The Balaban J connectivity index is 2.16. The van der Waals surface area contributed by atoms with Crippen molar-refractivity contribution in [2.24, 2.45) is 5.73 Å². The molecule has 1 fully saturated rings. The van der Waals surface area contributed by atoms with E-state index in [9.17, 15) is 4.79 Å². The Morgan fingerprint density at radius 1 is 1.50 bits per heavy atom. The second-order valence-electron chi connectivity index (χ2n) is 5.53. The predicted molar refractivity (Wildman–Crippen MR) is 79.3 cm³/mol. The number of benzene rings is 1. The molecule has 0 aliphatic carbocycles.